The summed E-state index contributed by atoms with van der Waals surface area (Å²) in [4.78, 5) is 19.5. The molecule has 0 aliphatic carbocycles. The monoisotopic (exact) mass is 516 g/mol. The number of hydrogen-bond donors (Lipinski definition) is 1. The fourth-order valence-electron chi connectivity index (χ4n) is 2.36. The zero-order valence-electron chi connectivity index (χ0n) is 16.5. The van der Waals surface area contributed by atoms with Crippen molar-refractivity contribution in [1.29, 1.82) is 0 Å². The van der Waals surface area contributed by atoms with Gasteiger partial charge in [0, 0.05) is 0 Å². The third-order valence-corrected chi connectivity index (χ3v) is 6.99. The van der Waals surface area contributed by atoms with Gasteiger partial charge in [0.2, 0.25) is 0 Å². The van der Waals surface area contributed by atoms with E-state index < -0.39 is 29.1 Å². The van der Waals surface area contributed by atoms with Crippen LogP contribution in [0.15, 0.2) is 48.5 Å². The van der Waals surface area contributed by atoms with E-state index in [2.05, 4.69) is 0 Å². The van der Waals surface area contributed by atoms with E-state index in [0.717, 1.165) is 5.56 Å². The minimum absolute atomic E-state index is 0. The average Bonchev–Trinajstić information content (AvgIpc) is 2.52. The summed E-state index contributed by atoms with van der Waals surface area (Å²) in [5.41, 5.74) is 0.718. The molecule has 1 unspecified atom stereocenters. The standard InChI is InChI=1S/C16H19O8PS.3K/c17-13-7-9-14(10-8-13)24-15-5-1-3-12(11-15)4-2-6-16(25(18,19)20)26(21,22)23;;;/h1,3,5,7-11,16-17H,2,4,6H2,(H2,18,19,20)(H,21,22,23);;;/q;3*+1/p-3. The van der Waals surface area contributed by atoms with Gasteiger partial charge in [-0.1, -0.05) is 19.7 Å². The van der Waals surface area contributed by atoms with Crippen molar-refractivity contribution >= 4 is 17.7 Å². The van der Waals surface area contributed by atoms with E-state index in [1.807, 2.05) is 0 Å². The Labute approximate surface area is 297 Å². The van der Waals surface area contributed by atoms with Crippen LogP contribution in [0.4, 0.5) is 0 Å². The van der Waals surface area contributed by atoms with Gasteiger partial charge in [-0.25, -0.2) is 8.42 Å². The van der Waals surface area contributed by atoms with Crippen LogP contribution in [0.5, 0.6) is 17.2 Å². The molecule has 0 aliphatic rings. The van der Waals surface area contributed by atoms with Crippen molar-refractivity contribution in [2.75, 3.05) is 0 Å². The molecule has 142 valence electrons. The van der Waals surface area contributed by atoms with Gasteiger partial charge < -0.3 is 28.7 Å². The smallest absolute Gasteiger partial charge is 0.810 e. The van der Waals surface area contributed by atoms with Crippen LogP contribution in [0.1, 0.15) is 18.4 Å². The molecule has 0 amide bonds. The first-order valence-electron chi connectivity index (χ1n) is 7.58. The second kappa shape index (κ2) is 15.8. The van der Waals surface area contributed by atoms with Crippen LogP contribution in [0.25, 0.3) is 0 Å². The van der Waals surface area contributed by atoms with Gasteiger partial charge >= 0.3 is 154 Å². The van der Waals surface area contributed by atoms with E-state index in [0.29, 0.717) is 11.5 Å². The number of rotatable bonds is 8. The summed E-state index contributed by atoms with van der Waals surface area (Å²) < 4.78 is 49.4. The minimum atomic E-state index is -5.52. The van der Waals surface area contributed by atoms with E-state index in [-0.39, 0.29) is 173 Å². The van der Waals surface area contributed by atoms with Crippen molar-refractivity contribution in [2.45, 2.75) is 24.3 Å². The van der Waals surface area contributed by atoms with Crippen molar-refractivity contribution in [3.63, 3.8) is 0 Å². The zero-order chi connectivity index (χ0) is 19.4. The number of hydrogen-bond acceptors (Lipinski definition) is 8. The molecule has 0 fully saturated rings. The Bertz CT molecular complexity index is 903. The second-order valence-electron chi connectivity index (χ2n) is 5.62. The molecule has 8 nitrogen and oxygen atoms in total. The molecule has 1 N–H and O–H groups in total. The van der Waals surface area contributed by atoms with Gasteiger partial charge in [0.05, 0.1) is 4.99 Å². The predicted octanol–water partition coefficient (Wildman–Crippen LogP) is -7.70. The molecule has 0 aliphatic heterocycles. The minimum Gasteiger partial charge on any atom is -0.810 e. The molecule has 2 aromatic carbocycles. The molecule has 0 bridgehead atoms. The molecule has 0 saturated heterocycles. The molecule has 2 aromatic rings. The molecule has 2 rings (SSSR count). The molecular formula is C16H16K3O8PS. The quantitative estimate of drug-likeness (QED) is 0.207. The van der Waals surface area contributed by atoms with Crippen LogP contribution in [0.3, 0.4) is 0 Å². The Kier molecular flexibility index (Phi) is 18.6. The van der Waals surface area contributed by atoms with Gasteiger partial charge in [0.15, 0.2) is 0 Å². The van der Waals surface area contributed by atoms with E-state index >= 15 is 0 Å². The summed E-state index contributed by atoms with van der Waals surface area (Å²) >= 11 is 0. The van der Waals surface area contributed by atoms with Crippen LogP contribution in [0, 0.1) is 0 Å². The summed E-state index contributed by atoms with van der Waals surface area (Å²) in [5.74, 6) is 1.08. The maximum Gasteiger partial charge on any atom is 1.00 e. The molecule has 0 heterocycles. The van der Waals surface area contributed by atoms with Gasteiger partial charge in [-0.2, -0.15) is 0 Å². The summed E-state index contributed by atoms with van der Waals surface area (Å²) in [6, 6.07) is 12.8. The number of phenols is 1. The predicted molar refractivity (Wildman–Crippen MR) is 88.7 cm³/mol. The maximum atomic E-state index is 11.0. The van der Waals surface area contributed by atoms with Crippen molar-refractivity contribution in [3.8, 4) is 17.2 Å². The third kappa shape index (κ3) is 12.9. The molecule has 0 radical (unpaired) electrons. The van der Waals surface area contributed by atoms with Crippen LogP contribution in [-0.2, 0) is 21.1 Å². The van der Waals surface area contributed by atoms with Gasteiger partial charge in [0.25, 0.3) is 0 Å². The topological polar surface area (TPSA) is 150 Å². The number of ether oxygens (including phenoxy) is 1. The number of phenolic OH excluding ortho intramolecular Hbond substituents is 1. The van der Waals surface area contributed by atoms with E-state index in [9.17, 15) is 32.4 Å². The first kappa shape index (κ1) is 34.2. The fraction of sp³-hybridized carbons (Fsp3) is 0.250. The van der Waals surface area contributed by atoms with E-state index in [4.69, 9.17) is 4.74 Å². The van der Waals surface area contributed by atoms with Crippen LogP contribution in [-0.4, -0.2) is 23.1 Å². The Morgan fingerprint density at radius 2 is 1.59 bits per heavy atom. The fourth-order valence-corrected chi connectivity index (χ4v) is 4.58. The van der Waals surface area contributed by atoms with Crippen molar-refractivity contribution in [1.82, 2.24) is 0 Å². The van der Waals surface area contributed by atoms with E-state index in [1.165, 1.54) is 12.1 Å². The van der Waals surface area contributed by atoms with Crippen molar-refractivity contribution in [2.24, 2.45) is 0 Å². The van der Waals surface area contributed by atoms with Gasteiger partial charge in [-0.15, -0.1) is 0 Å². The van der Waals surface area contributed by atoms with Crippen LogP contribution >= 0.6 is 7.60 Å². The second-order valence-corrected chi connectivity index (χ2v) is 9.23. The first-order valence-corrected chi connectivity index (χ1v) is 10.7. The molecule has 0 aromatic heterocycles. The molecule has 0 saturated carbocycles. The Balaban J connectivity index is 0. The van der Waals surface area contributed by atoms with Crippen molar-refractivity contribution < 1.29 is 191 Å². The van der Waals surface area contributed by atoms with Gasteiger partial charge in [-0.3, -0.25) is 0 Å². The van der Waals surface area contributed by atoms with Crippen LogP contribution < -0.4 is 169 Å². The average molecular weight is 517 g/mol. The summed E-state index contributed by atoms with van der Waals surface area (Å²) in [6.07, 6.45) is -0.263. The molecule has 0 spiro atoms. The molecule has 1 atom stereocenters. The van der Waals surface area contributed by atoms with Crippen LogP contribution in [0.2, 0.25) is 0 Å². The number of aromatic hydroxyl groups is 1. The molecular weight excluding hydrogens is 501 g/mol. The normalized spacial score (nSPS) is 12.0. The van der Waals surface area contributed by atoms with Crippen molar-refractivity contribution in [3.05, 3.63) is 54.1 Å². The molecule has 29 heavy (non-hydrogen) atoms. The van der Waals surface area contributed by atoms with Gasteiger partial charge in [0.1, 0.15) is 27.4 Å². The Morgan fingerprint density at radius 3 is 2.10 bits per heavy atom. The third-order valence-electron chi connectivity index (χ3n) is 3.57. The Morgan fingerprint density at radius 1 is 1.00 bits per heavy atom. The SMILES string of the molecule is O=P([O-])([O-])C(CCCc1cccc(Oc2ccc(O)cc2)c1)S(=O)(=O)[O-].[K+].[K+].[K+]. The summed E-state index contributed by atoms with van der Waals surface area (Å²) in [7, 11) is -10.7. The largest absolute Gasteiger partial charge is 1.00 e. The molecule has 13 heteroatoms. The Hall–Kier alpha value is 3.01. The number of benzene rings is 2. The number of aryl methyl sites for hydroxylation is 1. The summed E-state index contributed by atoms with van der Waals surface area (Å²) in [6.45, 7) is 0. The first-order chi connectivity index (χ1) is 12.1. The summed E-state index contributed by atoms with van der Waals surface area (Å²) in [5, 5.41) is 9.24. The zero-order valence-corrected chi connectivity index (χ0v) is 27.6. The van der Waals surface area contributed by atoms with E-state index in [1.54, 1.807) is 36.4 Å². The van der Waals surface area contributed by atoms with Gasteiger partial charge in [-0.05, 0) is 61.2 Å². The maximum absolute atomic E-state index is 11.0.